The number of hydrogen-bond donors (Lipinski definition) is 1. The van der Waals surface area contributed by atoms with Crippen molar-refractivity contribution in [3.05, 3.63) is 64.8 Å². The summed E-state index contributed by atoms with van der Waals surface area (Å²) in [6.07, 6.45) is 0.651. The molecule has 0 spiro atoms. The Bertz CT molecular complexity index is 1220. The molecule has 0 bridgehead atoms. The van der Waals surface area contributed by atoms with Crippen LogP contribution < -0.4 is 5.32 Å². The van der Waals surface area contributed by atoms with Crippen molar-refractivity contribution in [3.8, 4) is 11.3 Å². The molecule has 0 aliphatic heterocycles. The molecule has 152 valence electrons. The molecule has 30 heavy (non-hydrogen) atoms. The van der Waals surface area contributed by atoms with E-state index in [4.69, 9.17) is 20.8 Å². The fraction of sp³-hybridized carbons (Fsp3) is 0.143. The van der Waals surface area contributed by atoms with Crippen molar-refractivity contribution in [2.24, 2.45) is 0 Å². The number of anilines is 1. The highest BCUT2D eigenvalue weighted by Crippen LogP contribution is 2.30. The normalized spacial score (nSPS) is 11.9. The zero-order chi connectivity index (χ0) is 21.1. The third-order valence-electron chi connectivity index (χ3n) is 4.36. The van der Waals surface area contributed by atoms with Crippen molar-refractivity contribution < 1.29 is 18.7 Å². The molecule has 0 radical (unpaired) electrons. The Morgan fingerprint density at radius 3 is 2.90 bits per heavy atom. The highest BCUT2D eigenvalue weighted by Gasteiger charge is 2.23. The second-order valence-corrected chi connectivity index (χ2v) is 7.61. The number of aromatic nitrogens is 2. The summed E-state index contributed by atoms with van der Waals surface area (Å²) < 4.78 is 10.6. The third-order valence-corrected chi connectivity index (χ3v) is 5.45. The molecule has 1 amide bonds. The Balaban J connectivity index is 1.44. The molecule has 7 nitrogen and oxygen atoms in total. The van der Waals surface area contributed by atoms with E-state index in [-0.39, 0.29) is 5.56 Å². The van der Waals surface area contributed by atoms with E-state index in [1.54, 1.807) is 36.6 Å². The molecule has 0 fully saturated rings. The van der Waals surface area contributed by atoms with Gasteiger partial charge in [0.05, 0.1) is 11.3 Å². The van der Waals surface area contributed by atoms with Crippen molar-refractivity contribution in [3.63, 3.8) is 0 Å². The fourth-order valence-corrected chi connectivity index (χ4v) is 3.76. The molecule has 2 aromatic heterocycles. The van der Waals surface area contributed by atoms with E-state index < -0.39 is 18.0 Å². The van der Waals surface area contributed by atoms with Crippen LogP contribution in [-0.2, 0) is 9.53 Å². The van der Waals surface area contributed by atoms with Gasteiger partial charge in [0.25, 0.3) is 5.91 Å². The number of nitrogens with one attached hydrogen (secondary N) is 1. The number of fused-ring (bicyclic) bond motifs is 1. The molecule has 1 atom stereocenters. The summed E-state index contributed by atoms with van der Waals surface area (Å²) in [5.74, 6) is -1.06. The summed E-state index contributed by atoms with van der Waals surface area (Å²) >= 11 is 7.47. The van der Waals surface area contributed by atoms with Gasteiger partial charge in [0, 0.05) is 16.0 Å². The van der Waals surface area contributed by atoms with Crippen LogP contribution in [0, 0.1) is 0 Å². The Morgan fingerprint density at radius 1 is 1.27 bits per heavy atom. The first-order chi connectivity index (χ1) is 14.5. The van der Waals surface area contributed by atoms with Crippen LogP contribution >= 0.6 is 22.9 Å². The summed E-state index contributed by atoms with van der Waals surface area (Å²) in [7, 11) is 0. The molecule has 4 aromatic rings. The largest absolute Gasteiger partial charge is 0.449 e. The number of ether oxygens (including phenoxy) is 1. The molecular weight excluding hydrogens is 426 g/mol. The first kappa shape index (κ1) is 20.1. The maximum atomic E-state index is 12.6. The van der Waals surface area contributed by atoms with E-state index in [9.17, 15) is 9.59 Å². The average Bonchev–Trinajstić information content (AvgIpc) is 3.40. The summed E-state index contributed by atoms with van der Waals surface area (Å²) in [5, 5.41) is 5.48. The lowest BCUT2D eigenvalue weighted by atomic mass is 10.2. The number of rotatable bonds is 6. The van der Waals surface area contributed by atoms with E-state index in [0.717, 1.165) is 5.56 Å². The van der Waals surface area contributed by atoms with E-state index in [1.807, 2.05) is 18.2 Å². The van der Waals surface area contributed by atoms with Crippen LogP contribution in [0.2, 0.25) is 5.02 Å². The molecule has 0 aliphatic rings. The Kier molecular flexibility index (Phi) is 5.78. The van der Waals surface area contributed by atoms with Gasteiger partial charge in [0.1, 0.15) is 5.52 Å². The molecule has 2 heterocycles. The van der Waals surface area contributed by atoms with Crippen LogP contribution in [0.15, 0.2) is 58.7 Å². The van der Waals surface area contributed by atoms with Gasteiger partial charge in [-0.25, -0.2) is 14.8 Å². The summed E-state index contributed by atoms with van der Waals surface area (Å²) in [4.78, 5) is 33.5. The molecular formula is C21H16ClN3O4S. The molecule has 1 unspecified atom stereocenters. The number of oxazole rings is 1. The second kappa shape index (κ2) is 8.64. The highest BCUT2D eigenvalue weighted by atomic mass is 35.5. The van der Waals surface area contributed by atoms with Crippen LogP contribution in [-0.4, -0.2) is 27.9 Å². The van der Waals surface area contributed by atoms with E-state index in [0.29, 0.717) is 33.4 Å². The van der Waals surface area contributed by atoms with E-state index in [2.05, 4.69) is 15.3 Å². The van der Waals surface area contributed by atoms with E-state index in [1.165, 1.54) is 17.7 Å². The topological polar surface area (TPSA) is 94.3 Å². The van der Waals surface area contributed by atoms with Crippen LogP contribution in [0.25, 0.3) is 22.4 Å². The minimum atomic E-state index is -0.960. The quantitative estimate of drug-likeness (QED) is 0.414. The Morgan fingerprint density at radius 2 is 2.10 bits per heavy atom. The van der Waals surface area contributed by atoms with Gasteiger partial charge in [-0.15, -0.1) is 11.3 Å². The van der Waals surface area contributed by atoms with Gasteiger partial charge in [-0.05, 0) is 30.7 Å². The lowest BCUT2D eigenvalue weighted by Gasteiger charge is -2.15. The van der Waals surface area contributed by atoms with Crippen molar-refractivity contribution in [2.45, 2.75) is 19.4 Å². The van der Waals surface area contributed by atoms with Crippen molar-refractivity contribution in [2.75, 3.05) is 5.32 Å². The molecule has 2 aromatic carbocycles. The van der Waals surface area contributed by atoms with Gasteiger partial charge < -0.3 is 9.15 Å². The lowest BCUT2D eigenvalue weighted by Crippen LogP contribution is -2.32. The summed E-state index contributed by atoms with van der Waals surface area (Å²) in [6, 6.07) is 12.1. The van der Waals surface area contributed by atoms with Gasteiger partial charge in [0.2, 0.25) is 0 Å². The Labute approximate surface area is 180 Å². The molecule has 0 saturated heterocycles. The maximum Gasteiger partial charge on any atom is 0.338 e. The summed E-state index contributed by atoms with van der Waals surface area (Å²) in [6.45, 7) is 1.76. The lowest BCUT2D eigenvalue weighted by molar-refractivity contribution is -0.124. The van der Waals surface area contributed by atoms with Crippen LogP contribution in [0.5, 0.6) is 0 Å². The number of thiazole rings is 1. The third kappa shape index (κ3) is 4.19. The number of halogens is 1. The standard InChI is InChI=1S/C21H16ClN3O4S/c1-2-17(29-20(27)12-7-8-18-15(9-12)23-11-28-18)19(26)25-21-24-16(10-30-21)13-5-3-4-6-14(13)22/h3-11,17H,2H2,1H3,(H,24,25,26). The Hall–Kier alpha value is -3.23. The minimum absolute atomic E-state index is 0.290. The molecule has 4 rings (SSSR count). The number of carbonyl (C=O) groups excluding carboxylic acids is 2. The number of benzene rings is 2. The number of carbonyl (C=O) groups is 2. The van der Waals surface area contributed by atoms with Gasteiger partial charge >= 0.3 is 5.97 Å². The predicted molar refractivity (Wildman–Crippen MR) is 115 cm³/mol. The molecule has 0 saturated carbocycles. The second-order valence-electron chi connectivity index (χ2n) is 6.34. The first-order valence-electron chi connectivity index (χ1n) is 9.10. The molecule has 1 N–H and O–H groups in total. The number of esters is 1. The summed E-state index contributed by atoms with van der Waals surface area (Å²) in [5.41, 5.74) is 2.83. The van der Waals surface area contributed by atoms with Crippen LogP contribution in [0.1, 0.15) is 23.7 Å². The predicted octanol–water partition coefficient (Wildman–Crippen LogP) is 5.18. The zero-order valence-electron chi connectivity index (χ0n) is 15.8. The van der Waals surface area contributed by atoms with Crippen molar-refractivity contribution in [1.29, 1.82) is 0 Å². The number of amides is 1. The first-order valence-corrected chi connectivity index (χ1v) is 10.4. The average molecular weight is 442 g/mol. The van der Waals surface area contributed by atoms with Gasteiger partial charge in [-0.1, -0.05) is 36.7 Å². The smallest absolute Gasteiger partial charge is 0.338 e. The molecule has 0 aliphatic carbocycles. The zero-order valence-corrected chi connectivity index (χ0v) is 17.4. The van der Waals surface area contributed by atoms with Crippen LogP contribution in [0.4, 0.5) is 5.13 Å². The highest BCUT2D eigenvalue weighted by molar-refractivity contribution is 7.14. The number of hydrogen-bond acceptors (Lipinski definition) is 7. The molecule has 9 heteroatoms. The van der Waals surface area contributed by atoms with Crippen molar-refractivity contribution in [1.82, 2.24) is 9.97 Å². The monoisotopic (exact) mass is 441 g/mol. The number of nitrogens with zero attached hydrogens (tertiary/aromatic N) is 2. The maximum absolute atomic E-state index is 12.6. The van der Waals surface area contributed by atoms with E-state index >= 15 is 0 Å². The van der Waals surface area contributed by atoms with Crippen LogP contribution in [0.3, 0.4) is 0 Å². The minimum Gasteiger partial charge on any atom is -0.449 e. The van der Waals surface area contributed by atoms with Gasteiger partial charge in [-0.3, -0.25) is 10.1 Å². The fourth-order valence-electron chi connectivity index (χ4n) is 2.81. The van der Waals surface area contributed by atoms with Gasteiger partial charge in [-0.2, -0.15) is 0 Å². The van der Waals surface area contributed by atoms with Gasteiger partial charge in [0.15, 0.2) is 23.2 Å². The SMILES string of the molecule is CCC(OC(=O)c1ccc2ocnc2c1)C(=O)Nc1nc(-c2ccccc2Cl)cs1. The van der Waals surface area contributed by atoms with Crippen molar-refractivity contribution >= 4 is 51.0 Å².